The van der Waals surface area contributed by atoms with Gasteiger partial charge in [-0.05, 0) is 53.9 Å². The number of aryl methyl sites for hydroxylation is 1. The van der Waals surface area contributed by atoms with Crippen LogP contribution in [-0.2, 0) is 4.79 Å². The van der Waals surface area contributed by atoms with Gasteiger partial charge in [0.15, 0.2) is 6.10 Å². The van der Waals surface area contributed by atoms with Crippen LogP contribution in [0.1, 0.15) is 18.9 Å². The second-order valence-corrected chi connectivity index (χ2v) is 6.22. The third kappa shape index (κ3) is 3.97. The summed E-state index contributed by atoms with van der Waals surface area (Å²) < 4.78 is 11.3. The van der Waals surface area contributed by atoms with Crippen LogP contribution in [0.3, 0.4) is 0 Å². The third-order valence-electron chi connectivity index (χ3n) is 4.28. The molecule has 1 unspecified atom stereocenters. The monoisotopic (exact) mass is 349 g/mol. The lowest BCUT2D eigenvalue weighted by Crippen LogP contribution is -2.32. The molecule has 1 atom stereocenters. The Morgan fingerprint density at radius 3 is 2.54 bits per heavy atom. The molecule has 0 spiro atoms. The molecule has 26 heavy (non-hydrogen) atoms. The van der Waals surface area contributed by atoms with Crippen molar-refractivity contribution in [3.8, 4) is 11.5 Å². The number of anilines is 1. The summed E-state index contributed by atoms with van der Waals surface area (Å²) in [4.78, 5) is 12.7. The van der Waals surface area contributed by atoms with Crippen LogP contribution >= 0.6 is 0 Å². The number of hydrogen-bond donors (Lipinski definition) is 1. The number of hydrogen-bond acceptors (Lipinski definition) is 3. The molecule has 4 heteroatoms. The molecule has 0 aliphatic heterocycles. The van der Waals surface area contributed by atoms with Crippen molar-refractivity contribution >= 4 is 22.4 Å². The smallest absolute Gasteiger partial charge is 0.265 e. The molecule has 0 saturated carbocycles. The van der Waals surface area contributed by atoms with Gasteiger partial charge in [-0.2, -0.15) is 0 Å². The van der Waals surface area contributed by atoms with Crippen LogP contribution in [0, 0.1) is 6.92 Å². The summed E-state index contributed by atoms with van der Waals surface area (Å²) in [5.41, 5.74) is 1.70. The van der Waals surface area contributed by atoms with E-state index in [1.165, 1.54) is 0 Å². The lowest BCUT2D eigenvalue weighted by Gasteiger charge is -2.19. The van der Waals surface area contributed by atoms with Crippen molar-refractivity contribution in [1.29, 1.82) is 0 Å². The first-order valence-electron chi connectivity index (χ1n) is 8.71. The Kier molecular flexibility index (Phi) is 5.42. The summed E-state index contributed by atoms with van der Waals surface area (Å²) in [5.74, 6) is 1.12. The maximum absolute atomic E-state index is 12.7. The van der Waals surface area contributed by atoms with Crippen molar-refractivity contribution in [1.82, 2.24) is 0 Å². The summed E-state index contributed by atoms with van der Waals surface area (Å²) in [6.07, 6.45) is -0.0198. The number of carbonyl (C=O) groups excluding carboxylic acids is 1. The third-order valence-corrected chi connectivity index (χ3v) is 4.28. The second kappa shape index (κ2) is 7.91. The van der Waals surface area contributed by atoms with Crippen molar-refractivity contribution in [2.24, 2.45) is 0 Å². The molecule has 0 aliphatic rings. The Morgan fingerprint density at radius 2 is 1.81 bits per heavy atom. The number of rotatable bonds is 6. The van der Waals surface area contributed by atoms with E-state index in [1.807, 2.05) is 74.5 Å². The van der Waals surface area contributed by atoms with Gasteiger partial charge in [0.1, 0.15) is 11.5 Å². The minimum atomic E-state index is -0.582. The molecule has 0 aliphatic carbocycles. The molecule has 3 aromatic rings. The number of methoxy groups -OCH3 is 1. The van der Waals surface area contributed by atoms with E-state index in [1.54, 1.807) is 7.11 Å². The predicted molar refractivity (Wildman–Crippen MR) is 105 cm³/mol. The molecule has 1 N–H and O–H groups in total. The molecule has 1 amide bonds. The van der Waals surface area contributed by atoms with E-state index in [-0.39, 0.29) is 5.91 Å². The minimum absolute atomic E-state index is 0.190. The molecule has 0 aromatic heterocycles. The first-order valence-corrected chi connectivity index (χ1v) is 8.71. The van der Waals surface area contributed by atoms with Gasteiger partial charge < -0.3 is 14.8 Å². The fourth-order valence-corrected chi connectivity index (χ4v) is 2.86. The molecule has 0 saturated heterocycles. The highest BCUT2D eigenvalue weighted by Gasteiger charge is 2.20. The quantitative estimate of drug-likeness (QED) is 0.685. The fourth-order valence-electron chi connectivity index (χ4n) is 2.86. The van der Waals surface area contributed by atoms with Crippen LogP contribution in [0.15, 0.2) is 60.7 Å². The van der Waals surface area contributed by atoms with E-state index in [4.69, 9.17) is 9.47 Å². The Hall–Kier alpha value is -3.01. The normalized spacial score (nSPS) is 11.8. The summed E-state index contributed by atoms with van der Waals surface area (Å²) in [6, 6.07) is 19.6. The van der Waals surface area contributed by atoms with Gasteiger partial charge in [0.2, 0.25) is 0 Å². The Morgan fingerprint density at radius 1 is 1.04 bits per heavy atom. The zero-order valence-electron chi connectivity index (χ0n) is 15.3. The van der Waals surface area contributed by atoms with Crippen LogP contribution in [0.4, 0.5) is 5.69 Å². The number of carbonyl (C=O) groups is 1. The zero-order valence-corrected chi connectivity index (χ0v) is 15.3. The first-order chi connectivity index (χ1) is 12.6. The van der Waals surface area contributed by atoms with Gasteiger partial charge in [-0.25, -0.2) is 0 Å². The van der Waals surface area contributed by atoms with E-state index < -0.39 is 6.10 Å². The summed E-state index contributed by atoms with van der Waals surface area (Å²) in [7, 11) is 1.59. The van der Waals surface area contributed by atoms with Crippen molar-refractivity contribution in [2.75, 3.05) is 12.4 Å². The summed E-state index contributed by atoms with van der Waals surface area (Å²) >= 11 is 0. The van der Waals surface area contributed by atoms with Crippen LogP contribution in [0.25, 0.3) is 10.8 Å². The van der Waals surface area contributed by atoms with Crippen LogP contribution in [0.2, 0.25) is 0 Å². The minimum Gasteiger partial charge on any atom is -0.495 e. The van der Waals surface area contributed by atoms with Crippen molar-refractivity contribution in [2.45, 2.75) is 26.4 Å². The van der Waals surface area contributed by atoms with Gasteiger partial charge in [0, 0.05) is 0 Å². The average molecular weight is 349 g/mol. The molecule has 134 valence electrons. The molecule has 4 nitrogen and oxygen atoms in total. The predicted octanol–water partition coefficient (Wildman–Crippen LogP) is 4.95. The van der Waals surface area contributed by atoms with E-state index in [2.05, 4.69) is 5.32 Å². The van der Waals surface area contributed by atoms with Crippen molar-refractivity contribution in [3.05, 3.63) is 66.2 Å². The molecular weight excluding hydrogens is 326 g/mol. The van der Waals surface area contributed by atoms with Crippen LogP contribution in [-0.4, -0.2) is 19.1 Å². The van der Waals surface area contributed by atoms with Gasteiger partial charge in [-0.15, -0.1) is 0 Å². The standard InChI is InChI=1S/C22H23NO3/c1-4-20(22(24)23-19-13-15(2)9-12-21(19)25-3)26-18-11-10-16-7-5-6-8-17(16)14-18/h5-14,20H,4H2,1-3H3,(H,23,24). The van der Waals surface area contributed by atoms with E-state index >= 15 is 0 Å². The lowest BCUT2D eigenvalue weighted by atomic mass is 10.1. The van der Waals surface area contributed by atoms with Crippen molar-refractivity contribution < 1.29 is 14.3 Å². The highest BCUT2D eigenvalue weighted by Crippen LogP contribution is 2.26. The first kappa shape index (κ1) is 17.8. The number of benzene rings is 3. The summed E-state index contributed by atoms with van der Waals surface area (Å²) in [6.45, 7) is 3.90. The van der Waals surface area contributed by atoms with Crippen LogP contribution in [0.5, 0.6) is 11.5 Å². The maximum atomic E-state index is 12.7. The van der Waals surface area contributed by atoms with E-state index in [0.717, 1.165) is 16.3 Å². The topological polar surface area (TPSA) is 47.6 Å². The molecular formula is C22H23NO3. The van der Waals surface area contributed by atoms with Gasteiger partial charge in [0.25, 0.3) is 5.91 Å². The van der Waals surface area contributed by atoms with E-state index in [0.29, 0.717) is 23.6 Å². The number of amides is 1. The molecule has 0 bridgehead atoms. The Labute approximate surface area is 153 Å². The Bertz CT molecular complexity index is 920. The average Bonchev–Trinajstić information content (AvgIpc) is 2.66. The molecule has 0 radical (unpaired) electrons. The van der Waals surface area contributed by atoms with Gasteiger partial charge >= 0.3 is 0 Å². The lowest BCUT2D eigenvalue weighted by molar-refractivity contribution is -0.122. The second-order valence-electron chi connectivity index (χ2n) is 6.22. The molecule has 0 fully saturated rings. The fraction of sp³-hybridized carbons (Fsp3) is 0.227. The number of nitrogens with one attached hydrogen (secondary N) is 1. The van der Waals surface area contributed by atoms with Crippen LogP contribution < -0.4 is 14.8 Å². The van der Waals surface area contributed by atoms with Gasteiger partial charge in [0.05, 0.1) is 12.8 Å². The number of fused-ring (bicyclic) bond motifs is 1. The number of ether oxygens (including phenoxy) is 2. The SMILES string of the molecule is CCC(Oc1ccc2ccccc2c1)C(=O)Nc1cc(C)ccc1OC. The van der Waals surface area contributed by atoms with Gasteiger partial charge in [-0.1, -0.05) is 43.3 Å². The van der Waals surface area contributed by atoms with E-state index in [9.17, 15) is 4.79 Å². The highest BCUT2D eigenvalue weighted by atomic mass is 16.5. The highest BCUT2D eigenvalue weighted by molar-refractivity contribution is 5.96. The molecule has 3 aromatic carbocycles. The molecule has 0 heterocycles. The molecule has 3 rings (SSSR count). The Balaban J connectivity index is 1.77. The summed E-state index contributed by atoms with van der Waals surface area (Å²) in [5, 5.41) is 5.15. The largest absolute Gasteiger partial charge is 0.495 e. The van der Waals surface area contributed by atoms with Crippen molar-refractivity contribution in [3.63, 3.8) is 0 Å². The van der Waals surface area contributed by atoms with Gasteiger partial charge in [-0.3, -0.25) is 4.79 Å². The zero-order chi connectivity index (χ0) is 18.5. The maximum Gasteiger partial charge on any atom is 0.265 e.